The van der Waals surface area contributed by atoms with Crippen LogP contribution in [0.2, 0.25) is 0 Å². The lowest BCUT2D eigenvalue weighted by Gasteiger charge is -2.11. The number of hydrogen-bond donors (Lipinski definition) is 3. The van der Waals surface area contributed by atoms with Gasteiger partial charge in [0.25, 0.3) is 0 Å². The van der Waals surface area contributed by atoms with Crippen LogP contribution >= 0.6 is 0 Å². The third-order valence-electron chi connectivity index (χ3n) is 2.97. The molecular formula is C14H16FN3O2S. The molecule has 5 nitrogen and oxygen atoms in total. The molecule has 0 aliphatic heterocycles. The molecule has 0 radical (unpaired) electrons. The Kier molecular flexibility index (Phi) is 4.44. The van der Waals surface area contributed by atoms with Crippen LogP contribution in [0, 0.1) is 5.82 Å². The van der Waals surface area contributed by atoms with Gasteiger partial charge >= 0.3 is 0 Å². The minimum absolute atomic E-state index is 0.00930. The predicted octanol–water partition coefficient (Wildman–Crippen LogP) is 1.71. The number of benzene rings is 2. The lowest BCUT2D eigenvalue weighted by Crippen LogP contribution is -2.13. The Balaban J connectivity index is 2.06. The SMILES string of the molecule is Nc1ccc(S(N)(=O)=O)cc1NCCc1cccc(F)c1. The summed E-state index contributed by atoms with van der Waals surface area (Å²) in [6.45, 7) is 0.488. The van der Waals surface area contributed by atoms with Crippen LogP contribution in [0.4, 0.5) is 15.8 Å². The molecule has 21 heavy (non-hydrogen) atoms. The second-order valence-corrected chi connectivity index (χ2v) is 6.16. The van der Waals surface area contributed by atoms with E-state index in [2.05, 4.69) is 5.32 Å². The highest BCUT2D eigenvalue weighted by molar-refractivity contribution is 7.89. The van der Waals surface area contributed by atoms with Gasteiger partial charge < -0.3 is 11.1 Å². The van der Waals surface area contributed by atoms with Crippen molar-refractivity contribution in [1.29, 1.82) is 0 Å². The van der Waals surface area contributed by atoms with Crippen molar-refractivity contribution >= 4 is 21.4 Å². The van der Waals surface area contributed by atoms with Crippen molar-refractivity contribution in [2.75, 3.05) is 17.6 Å². The van der Waals surface area contributed by atoms with E-state index in [0.717, 1.165) is 5.56 Å². The van der Waals surface area contributed by atoms with Crippen LogP contribution in [0.15, 0.2) is 47.4 Å². The molecule has 0 fully saturated rings. The van der Waals surface area contributed by atoms with Crippen LogP contribution in [0.25, 0.3) is 0 Å². The second-order valence-electron chi connectivity index (χ2n) is 4.60. The van der Waals surface area contributed by atoms with Gasteiger partial charge in [-0.3, -0.25) is 0 Å². The highest BCUT2D eigenvalue weighted by Crippen LogP contribution is 2.22. The predicted molar refractivity (Wildman–Crippen MR) is 80.8 cm³/mol. The Morgan fingerprint density at radius 3 is 2.57 bits per heavy atom. The third-order valence-corrected chi connectivity index (χ3v) is 3.88. The molecule has 0 heterocycles. The monoisotopic (exact) mass is 309 g/mol. The Labute approximate surface area is 122 Å². The molecule has 0 bridgehead atoms. The van der Waals surface area contributed by atoms with E-state index in [1.54, 1.807) is 6.07 Å². The number of halogens is 1. The van der Waals surface area contributed by atoms with Gasteiger partial charge in [0.05, 0.1) is 16.3 Å². The largest absolute Gasteiger partial charge is 0.397 e. The van der Waals surface area contributed by atoms with E-state index >= 15 is 0 Å². The van der Waals surface area contributed by atoms with E-state index in [9.17, 15) is 12.8 Å². The topological polar surface area (TPSA) is 98.2 Å². The lowest BCUT2D eigenvalue weighted by molar-refractivity contribution is 0.598. The van der Waals surface area contributed by atoms with Gasteiger partial charge in [-0.25, -0.2) is 17.9 Å². The maximum Gasteiger partial charge on any atom is 0.238 e. The number of nitrogens with two attached hydrogens (primary N) is 2. The Morgan fingerprint density at radius 2 is 1.90 bits per heavy atom. The first-order valence-electron chi connectivity index (χ1n) is 6.27. The van der Waals surface area contributed by atoms with Crippen LogP contribution < -0.4 is 16.2 Å². The summed E-state index contributed by atoms with van der Waals surface area (Å²) in [7, 11) is -3.77. The van der Waals surface area contributed by atoms with Crippen molar-refractivity contribution in [1.82, 2.24) is 0 Å². The first kappa shape index (κ1) is 15.3. The van der Waals surface area contributed by atoms with Gasteiger partial charge in [-0.05, 0) is 42.3 Å². The molecule has 0 saturated heterocycles. The highest BCUT2D eigenvalue weighted by Gasteiger charge is 2.10. The van der Waals surface area contributed by atoms with E-state index < -0.39 is 10.0 Å². The molecule has 2 aromatic rings. The van der Waals surface area contributed by atoms with Crippen LogP contribution in [-0.2, 0) is 16.4 Å². The van der Waals surface area contributed by atoms with Gasteiger partial charge in [-0.1, -0.05) is 12.1 Å². The minimum atomic E-state index is -3.77. The molecule has 0 unspecified atom stereocenters. The maximum atomic E-state index is 13.0. The van der Waals surface area contributed by atoms with Crippen molar-refractivity contribution in [3.63, 3.8) is 0 Å². The van der Waals surface area contributed by atoms with E-state index in [4.69, 9.17) is 10.9 Å². The smallest absolute Gasteiger partial charge is 0.238 e. The molecule has 0 aromatic heterocycles. The fourth-order valence-corrected chi connectivity index (χ4v) is 2.44. The summed E-state index contributed by atoms with van der Waals surface area (Å²) in [5, 5.41) is 8.10. The van der Waals surface area contributed by atoms with E-state index in [0.29, 0.717) is 24.3 Å². The molecule has 5 N–H and O–H groups in total. The molecule has 0 amide bonds. The lowest BCUT2D eigenvalue weighted by atomic mass is 10.1. The average Bonchev–Trinajstić information content (AvgIpc) is 2.39. The van der Waals surface area contributed by atoms with Gasteiger partial charge in [0.2, 0.25) is 10.0 Å². The van der Waals surface area contributed by atoms with Crippen molar-refractivity contribution in [2.24, 2.45) is 5.14 Å². The summed E-state index contributed by atoms with van der Waals surface area (Å²) < 4.78 is 35.6. The third kappa shape index (κ3) is 4.17. The standard InChI is InChI=1S/C14H16FN3O2S/c15-11-3-1-2-10(8-11)6-7-18-14-9-12(21(17,19)20)4-5-13(14)16/h1-5,8-9,18H,6-7,16H2,(H2,17,19,20). The van der Waals surface area contributed by atoms with Gasteiger partial charge in [0.1, 0.15) is 5.82 Å². The molecule has 7 heteroatoms. The van der Waals surface area contributed by atoms with Crippen molar-refractivity contribution in [2.45, 2.75) is 11.3 Å². The number of nitrogen functional groups attached to an aromatic ring is 1. The number of sulfonamides is 1. The first-order chi connectivity index (χ1) is 9.86. The van der Waals surface area contributed by atoms with E-state index in [-0.39, 0.29) is 10.7 Å². The number of rotatable bonds is 5. The summed E-state index contributed by atoms with van der Waals surface area (Å²) in [6.07, 6.45) is 0.580. The molecule has 0 saturated carbocycles. The quantitative estimate of drug-likeness (QED) is 0.732. The Hall–Kier alpha value is -2.12. The molecule has 2 aromatic carbocycles. The van der Waals surface area contributed by atoms with Crippen LogP contribution in [0.3, 0.4) is 0 Å². The Bertz CT molecular complexity index is 748. The zero-order valence-corrected chi connectivity index (χ0v) is 12.0. The van der Waals surface area contributed by atoms with Gasteiger partial charge in [-0.15, -0.1) is 0 Å². The molecule has 112 valence electrons. The number of primary sulfonamides is 1. The van der Waals surface area contributed by atoms with Crippen LogP contribution in [-0.4, -0.2) is 15.0 Å². The summed E-state index contributed by atoms with van der Waals surface area (Å²) in [4.78, 5) is -0.00930. The zero-order chi connectivity index (χ0) is 15.5. The van der Waals surface area contributed by atoms with Crippen LogP contribution in [0.5, 0.6) is 0 Å². The average molecular weight is 309 g/mol. The number of nitrogens with one attached hydrogen (secondary N) is 1. The molecule has 0 atom stereocenters. The molecule has 0 aliphatic carbocycles. The van der Waals surface area contributed by atoms with Crippen molar-refractivity contribution in [3.8, 4) is 0 Å². The molecule has 0 aliphatic rings. The molecular weight excluding hydrogens is 293 g/mol. The van der Waals surface area contributed by atoms with Gasteiger partial charge in [0.15, 0.2) is 0 Å². The number of hydrogen-bond acceptors (Lipinski definition) is 4. The summed E-state index contributed by atoms with van der Waals surface area (Å²) >= 11 is 0. The highest BCUT2D eigenvalue weighted by atomic mass is 32.2. The van der Waals surface area contributed by atoms with Gasteiger partial charge in [-0.2, -0.15) is 0 Å². The second kappa shape index (κ2) is 6.11. The number of anilines is 2. The normalized spacial score (nSPS) is 11.3. The Morgan fingerprint density at radius 1 is 1.14 bits per heavy atom. The molecule has 0 spiro atoms. The van der Waals surface area contributed by atoms with Gasteiger partial charge in [0, 0.05) is 6.54 Å². The summed E-state index contributed by atoms with van der Waals surface area (Å²) in [5.41, 5.74) is 7.52. The van der Waals surface area contributed by atoms with E-state index in [1.165, 1.54) is 30.3 Å². The van der Waals surface area contributed by atoms with Crippen molar-refractivity contribution < 1.29 is 12.8 Å². The maximum absolute atomic E-state index is 13.0. The summed E-state index contributed by atoms with van der Waals surface area (Å²) in [5.74, 6) is -0.289. The summed E-state index contributed by atoms with van der Waals surface area (Å²) in [6, 6.07) is 10.5. The molecule has 2 rings (SSSR count). The van der Waals surface area contributed by atoms with Crippen molar-refractivity contribution in [3.05, 3.63) is 53.8 Å². The minimum Gasteiger partial charge on any atom is -0.397 e. The first-order valence-corrected chi connectivity index (χ1v) is 7.81. The van der Waals surface area contributed by atoms with Crippen LogP contribution in [0.1, 0.15) is 5.56 Å². The fraction of sp³-hybridized carbons (Fsp3) is 0.143. The zero-order valence-electron chi connectivity index (χ0n) is 11.2. The van der Waals surface area contributed by atoms with E-state index in [1.807, 2.05) is 6.07 Å². The fourth-order valence-electron chi connectivity index (χ4n) is 1.90.